The molecule has 2 aromatic rings. The highest BCUT2D eigenvalue weighted by molar-refractivity contribution is 6.46. The van der Waals surface area contributed by atoms with E-state index in [0.717, 1.165) is 25.1 Å². The second-order valence-electron chi connectivity index (χ2n) is 9.64. The highest BCUT2D eigenvalue weighted by Crippen LogP contribution is 2.40. The van der Waals surface area contributed by atoms with Crippen LogP contribution in [0.1, 0.15) is 55.8 Å². The van der Waals surface area contributed by atoms with Gasteiger partial charge in [-0.25, -0.2) is 0 Å². The molecule has 1 unspecified atom stereocenters. The zero-order chi connectivity index (χ0) is 25.7. The first kappa shape index (κ1) is 25.9. The Bertz CT molecular complexity index is 1100. The largest absolute Gasteiger partial charge is 0.507 e. The molecule has 2 saturated heterocycles. The van der Waals surface area contributed by atoms with Crippen molar-refractivity contribution in [3.05, 3.63) is 70.8 Å². The van der Waals surface area contributed by atoms with Crippen LogP contribution in [-0.2, 0) is 14.3 Å². The monoisotopic (exact) mass is 492 g/mol. The van der Waals surface area contributed by atoms with Gasteiger partial charge < -0.3 is 19.5 Å². The molecule has 1 atom stereocenters. The molecule has 0 radical (unpaired) electrons. The minimum absolute atomic E-state index is 0.118. The molecule has 2 aliphatic rings. The van der Waals surface area contributed by atoms with E-state index >= 15 is 0 Å². The summed E-state index contributed by atoms with van der Waals surface area (Å²) in [5.41, 5.74) is 2.55. The summed E-state index contributed by atoms with van der Waals surface area (Å²) in [5, 5.41) is 11.4. The number of morpholine rings is 1. The van der Waals surface area contributed by atoms with Crippen molar-refractivity contribution in [2.75, 3.05) is 46.0 Å². The first-order chi connectivity index (χ1) is 17.4. The zero-order valence-corrected chi connectivity index (χ0v) is 21.4. The van der Waals surface area contributed by atoms with Crippen molar-refractivity contribution in [3.63, 3.8) is 0 Å². The minimum atomic E-state index is -0.660. The molecule has 0 aromatic heterocycles. The van der Waals surface area contributed by atoms with Gasteiger partial charge in [0, 0.05) is 31.7 Å². The van der Waals surface area contributed by atoms with E-state index in [9.17, 15) is 14.7 Å². The van der Waals surface area contributed by atoms with Crippen LogP contribution in [0.2, 0.25) is 0 Å². The third-order valence-corrected chi connectivity index (χ3v) is 6.80. The van der Waals surface area contributed by atoms with Crippen LogP contribution in [0.25, 0.3) is 5.76 Å². The molecule has 0 bridgehead atoms. The van der Waals surface area contributed by atoms with Gasteiger partial charge in [0.05, 0.1) is 31.4 Å². The summed E-state index contributed by atoms with van der Waals surface area (Å²) in [6.45, 7) is 10.8. The van der Waals surface area contributed by atoms with Gasteiger partial charge in [-0.15, -0.1) is 0 Å². The quantitative estimate of drug-likeness (QED) is 0.319. The van der Waals surface area contributed by atoms with Crippen LogP contribution >= 0.6 is 0 Å². The smallest absolute Gasteiger partial charge is 0.295 e. The molecule has 2 aliphatic heterocycles. The lowest BCUT2D eigenvalue weighted by Gasteiger charge is -2.31. The van der Waals surface area contributed by atoms with Crippen LogP contribution in [-0.4, -0.2) is 72.6 Å². The van der Waals surface area contributed by atoms with E-state index in [1.807, 2.05) is 37.3 Å². The first-order valence-corrected chi connectivity index (χ1v) is 12.8. The summed E-state index contributed by atoms with van der Waals surface area (Å²) < 4.78 is 11.2. The summed E-state index contributed by atoms with van der Waals surface area (Å²) in [6, 6.07) is 14.4. The van der Waals surface area contributed by atoms with E-state index in [4.69, 9.17) is 9.47 Å². The average Bonchev–Trinajstić information content (AvgIpc) is 3.16. The van der Waals surface area contributed by atoms with Gasteiger partial charge in [0.15, 0.2) is 0 Å². The fourth-order valence-electron chi connectivity index (χ4n) is 4.70. The van der Waals surface area contributed by atoms with Crippen molar-refractivity contribution in [1.82, 2.24) is 9.80 Å². The van der Waals surface area contributed by atoms with Gasteiger partial charge in [-0.1, -0.05) is 57.2 Å². The number of aliphatic hydroxyl groups is 1. The van der Waals surface area contributed by atoms with Crippen molar-refractivity contribution in [3.8, 4) is 5.75 Å². The lowest BCUT2D eigenvalue weighted by atomic mass is 9.93. The molecule has 2 fully saturated rings. The second-order valence-corrected chi connectivity index (χ2v) is 9.64. The summed E-state index contributed by atoms with van der Waals surface area (Å²) in [5.74, 6) is -0.451. The van der Waals surface area contributed by atoms with E-state index in [2.05, 4.69) is 18.7 Å². The number of aliphatic hydroxyl groups excluding tert-OH is 1. The van der Waals surface area contributed by atoms with Crippen LogP contribution in [0.15, 0.2) is 54.1 Å². The molecular weight excluding hydrogens is 456 g/mol. The highest BCUT2D eigenvalue weighted by Gasteiger charge is 2.46. The fraction of sp³-hybridized carbons (Fsp3) is 0.448. The third kappa shape index (κ3) is 5.63. The fourth-order valence-corrected chi connectivity index (χ4v) is 4.70. The molecule has 192 valence electrons. The number of carbonyl (C=O) groups is 2. The third-order valence-electron chi connectivity index (χ3n) is 6.80. The van der Waals surface area contributed by atoms with Crippen molar-refractivity contribution >= 4 is 17.4 Å². The van der Waals surface area contributed by atoms with Crippen molar-refractivity contribution in [2.24, 2.45) is 0 Å². The Morgan fingerprint density at radius 1 is 1.08 bits per heavy atom. The molecule has 36 heavy (non-hydrogen) atoms. The van der Waals surface area contributed by atoms with E-state index in [0.29, 0.717) is 50.1 Å². The highest BCUT2D eigenvalue weighted by atomic mass is 16.5. The van der Waals surface area contributed by atoms with Crippen LogP contribution < -0.4 is 4.74 Å². The Labute approximate surface area is 213 Å². The summed E-state index contributed by atoms with van der Waals surface area (Å²) in [4.78, 5) is 30.4. The lowest BCUT2D eigenvalue weighted by Crippen LogP contribution is -2.42. The molecule has 2 aromatic carbocycles. The topological polar surface area (TPSA) is 79.3 Å². The second kappa shape index (κ2) is 11.7. The number of nitrogens with zero attached hydrogens (tertiary/aromatic N) is 2. The Balaban J connectivity index is 1.72. The lowest BCUT2D eigenvalue weighted by molar-refractivity contribution is -0.140. The van der Waals surface area contributed by atoms with Crippen LogP contribution in [0.5, 0.6) is 5.75 Å². The minimum Gasteiger partial charge on any atom is -0.507 e. The van der Waals surface area contributed by atoms with Crippen LogP contribution in [0.3, 0.4) is 0 Å². The van der Waals surface area contributed by atoms with Gasteiger partial charge >= 0.3 is 0 Å². The molecule has 2 heterocycles. The molecule has 0 aliphatic carbocycles. The van der Waals surface area contributed by atoms with Gasteiger partial charge in [-0.2, -0.15) is 0 Å². The molecule has 1 amide bonds. The number of ketones is 1. The molecule has 7 heteroatoms. The Morgan fingerprint density at radius 2 is 1.81 bits per heavy atom. The van der Waals surface area contributed by atoms with Crippen molar-refractivity contribution in [2.45, 2.75) is 39.2 Å². The SMILES string of the molecule is CCCOc1cccc(/C(O)=C2\C(=O)C(=O)N(CCN3CCOCC3)C2c2ccc(C(C)C)cc2)c1. The maximum Gasteiger partial charge on any atom is 0.295 e. The number of likely N-dealkylation sites (tertiary alicyclic amines) is 1. The predicted octanol–water partition coefficient (Wildman–Crippen LogP) is 4.35. The van der Waals surface area contributed by atoms with Gasteiger partial charge in [-0.05, 0) is 35.6 Å². The van der Waals surface area contributed by atoms with Gasteiger partial charge in [0.25, 0.3) is 11.7 Å². The number of hydrogen-bond acceptors (Lipinski definition) is 6. The molecule has 7 nitrogen and oxygen atoms in total. The number of carbonyl (C=O) groups excluding carboxylic acids is 2. The van der Waals surface area contributed by atoms with E-state index in [1.165, 1.54) is 5.56 Å². The number of hydrogen-bond donors (Lipinski definition) is 1. The van der Waals surface area contributed by atoms with Gasteiger partial charge in [-0.3, -0.25) is 14.5 Å². The predicted molar refractivity (Wildman–Crippen MR) is 139 cm³/mol. The van der Waals surface area contributed by atoms with E-state index in [-0.39, 0.29) is 11.3 Å². The summed E-state index contributed by atoms with van der Waals surface area (Å²) in [6.07, 6.45) is 0.858. The standard InChI is InChI=1S/C29H36N2O5/c1-4-16-36-24-7-5-6-23(19-24)27(32)25-26(22-10-8-21(9-11-22)20(2)3)31(29(34)28(25)33)13-12-30-14-17-35-18-15-30/h5-11,19-20,26,32H,4,12-18H2,1-3H3/b27-25+. The number of Topliss-reactive ketones (excluding diaryl/α,β-unsaturated/α-hetero) is 1. The molecule has 4 rings (SSSR count). The molecule has 0 spiro atoms. The average molecular weight is 493 g/mol. The van der Waals surface area contributed by atoms with Gasteiger partial charge in [0.1, 0.15) is 11.5 Å². The first-order valence-electron chi connectivity index (χ1n) is 12.8. The number of ether oxygens (including phenoxy) is 2. The summed E-state index contributed by atoms with van der Waals surface area (Å²) >= 11 is 0. The zero-order valence-electron chi connectivity index (χ0n) is 21.4. The van der Waals surface area contributed by atoms with Crippen molar-refractivity contribution in [1.29, 1.82) is 0 Å². The number of rotatable bonds is 9. The number of amides is 1. The van der Waals surface area contributed by atoms with Crippen LogP contribution in [0.4, 0.5) is 0 Å². The Hall–Kier alpha value is -3.16. The normalized spacial score (nSPS) is 20.3. The molecule has 0 saturated carbocycles. The molecular formula is C29H36N2O5. The maximum atomic E-state index is 13.3. The van der Waals surface area contributed by atoms with Crippen LogP contribution in [0, 0.1) is 0 Å². The Kier molecular flexibility index (Phi) is 8.44. The molecule has 1 N–H and O–H groups in total. The van der Waals surface area contributed by atoms with E-state index < -0.39 is 17.7 Å². The van der Waals surface area contributed by atoms with Crippen molar-refractivity contribution < 1.29 is 24.2 Å². The van der Waals surface area contributed by atoms with E-state index in [1.54, 1.807) is 23.1 Å². The summed E-state index contributed by atoms with van der Waals surface area (Å²) in [7, 11) is 0. The number of benzene rings is 2. The Morgan fingerprint density at radius 3 is 2.47 bits per heavy atom. The maximum absolute atomic E-state index is 13.3. The van der Waals surface area contributed by atoms with Gasteiger partial charge in [0.2, 0.25) is 0 Å².